The number of aryl methyl sites for hydroxylation is 1. The van der Waals surface area contributed by atoms with Crippen LogP contribution in [0, 0.1) is 6.92 Å². The standard InChI is InChI=1S/C18H21NO3S/c1-14-4-3-5-16(12-14)22-11-10-19-18(20)13-23-17-8-6-15(21-2)7-9-17/h3-9,12H,10-11,13H2,1-2H3,(H,19,20). The van der Waals surface area contributed by atoms with E-state index in [4.69, 9.17) is 9.47 Å². The molecule has 0 spiro atoms. The summed E-state index contributed by atoms with van der Waals surface area (Å²) < 4.78 is 10.7. The Bertz CT molecular complexity index is 628. The molecule has 0 saturated heterocycles. The van der Waals surface area contributed by atoms with Gasteiger partial charge in [0.15, 0.2) is 0 Å². The molecular weight excluding hydrogens is 310 g/mol. The number of nitrogens with one attached hydrogen (secondary N) is 1. The molecule has 2 rings (SSSR count). The zero-order valence-corrected chi connectivity index (χ0v) is 14.2. The maximum absolute atomic E-state index is 11.8. The van der Waals surface area contributed by atoms with E-state index in [0.29, 0.717) is 18.9 Å². The molecule has 1 N–H and O–H groups in total. The van der Waals surface area contributed by atoms with E-state index >= 15 is 0 Å². The molecule has 0 heterocycles. The van der Waals surface area contributed by atoms with Gasteiger partial charge in [-0.15, -0.1) is 11.8 Å². The smallest absolute Gasteiger partial charge is 0.230 e. The van der Waals surface area contributed by atoms with Crippen LogP contribution in [0.3, 0.4) is 0 Å². The monoisotopic (exact) mass is 331 g/mol. The molecule has 0 unspecified atom stereocenters. The van der Waals surface area contributed by atoms with Crippen LogP contribution in [0.5, 0.6) is 11.5 Å². The third kappa shape index (κ3) is 6.24. The highest BCUT2D eigenvalue weighted by atomic mass is 32.2. The Balaban J connectivity index is 1.63. The van der Waals surface area contributed by atoms with Crippen LogP contribution < -0.4 is 14.8 Å². The average Bonchev–Trinajstić information content (AvgIpc) is 2.57. The lowest BCUT2D eigenvalue weighted by atomic mass is 10.2. The van der Waals surface area contributed by atoms with Crippen molar-refractivity contribution in [2.45, 2.75) is 11.8 Å². The van der Waals surface area contributed by atoms with Crippen molar-refractivity contribution >= 4 is 17.7 Å². The lowest BCUT2D eigenvalue weighted by molar-refractivity contribution is -0.118. The molecule has 2 aromatic rings. The van der Waals surface area contributed by atoms with Gasteiger partial charge in [-0.2, -0.15) is 0 Å². The van der Waals surface area contributed by atoms with Gasteiger partial charge in [0.1, 0.15) is 18.1 Å². The summed E-state index contributed by atoms with van der Waals surface area (Å²) in [5, 5.41) is 2.85. The fourth-order valence-electron chi connectivity index (χ4n) is 1.94. The van der Waals surface area contributed by atoms with E-state index < -0.39 is 0 Å². The van der Waals surface area contributed by atoms with Crippen molar-refractivity contribution in [1.82, 2.24) is 5.32 Å². The number of thioether (sulfide) groups is 1. The van der Waals surface area contributed by atoms with Crippen LogP contribution in [-0.2, 0) is 4.79 Å². The van der Waals surface area contributed by atoms with Crippen molar-refractivity contribution in [3.05, 3.63) is 54.1 Å². The van der Waals surface area contributed by atoms with Gasteiger partial charge in [-0.1, -0.05) is 12.1 Å². The van der Waals surface area contributed by atoms with Gasteiger partial charge in [-0.25, -0.2) is 0 Å². The summed E-state index contributed by atoms with van der Waals surface area (Å²) in [5.74, 6) is 2.02. The number of carbonyl (C=O) groups excluding carboxylic acids is 1. The molecule has 0 radical (unpaired) electrons. The zero-order chi connectivity index (χ0) is 16.5. The Morgan fingerprint density at radius 2 is 1.91 bits per heavy atom. The lowest BCUT2D eigenvalue weighted by Gasteiger charge is -2.08. The summed E-state index contributed by atoms with van der Waals surface area (Å²) in [6.07, 6.45) is 0. The van der Waals surface area contributed by atoms with Crippen molar-refractivity contribution in [2.75, 3.05) is 26.0 Å². The molecule has 4 nitrogen and oxygen atoms in total. The fourth-order valence-corrected chi connectivity index (χ4v) is 2.66. The first kappa shape index (κ1) is 17.2. The summed E-state index contributed by atoms with van der Waals surface area (Å²) in [5.41, 5.74) is 1.16. The van der Waals surface area contributed by atoms with Crippen molar-refractivity contribution in [3.63, 3.8) is 0 Å². The lowest BCUT2D eigenvalue weighted by Crippen LogP contribution is -2.29. The van der Waals surface area contributed by atoms with Crippen LogP contribution in [0.1, 0.15) is 5.56 Å². The van der Waals surface area contributed by atoms with Crippen LogP contribution in [0.4, 0.5) is 0 Å². The van der Waals surface area contributed by atoms with Crippen LogP contribution in [-0.4, -0.2) is 31.9 Å². The Morgan fingerprint density at radius 3 is 2.61 bits per heavy atom. The molecule has 1 amide bonds. The summed E-state index contributed by atoms with van der Waals surface area (Å²) in [7, 11) is 1.63. The van der Waals surface area contributed by atoms with Gasteiger partial charge in [0.2, 0.25) is 5.91 Å². The molecule has 5 heteroatoms. The molecule has 23 heavy (non-hydrogen) atoms. The minimum atomic E-state index is -0.00124. The Morgan fingerprint density at radius 1 is 1.13 bits per heavy atom. The zero-order valence-electron chi connectivity index (χ0n) is 13.4. The van der Waals surface area contributed by atoms with Crippen LogP contribution in [0.2, 0.25) is 0 Å². The molecule has 0 aliphatic rings. The molecule has 0 atom stereocenters. The second-order valence-corrected chi connectivity index (χ2v) is 6.03. The Labute approximate surface area is 141 Å². The normalized spacial score (nSPS) is 10.2. The molecule has 0 bridgehead atoms. The van der Waals surface area contributed by atoms with Gasteiger partial charge in [0, 0.05) is 4.90 Å². The van der Waals surface area contributed by atoms with Gasteiger partial charge in [0.05, 0.1) is 19.4 Å². The summed E-state index contributed by atoms with van der Waals surface area (Å²) in [6.45, 7) is 2.98. The third-order valence-corrected chi connectivity index (χ3v) is 4.12. The van der Waals surface area contributed by atoms with E-state index in [1.165, 1.54) is 11.8 Å². The summed E-state index contributed by atoms with van der Waals surface area (Å²) in [6, 6.07) is 15.5. The topological polar surface area (TPSA) is 47.6 Å². The van der Waals surface area contributed by atoms with Crippen molar-refractivity contribution in [2.24, 2.45) is 0 Å². The first-order valence-electron chi connectivity index (χ1n) is 7.40. The number of ether oxygens (including phenoxy) is 2. The van der Waals surface area contributed by atoms with E-state index in [0.717, 1.165) is 22.0 Å². The molecular formula is C18H21NO3S. The van der Waals surface area contributed by atoms with Crippen LogP contribution in [0.25, 0.3) is 0 Å². The van der Waals surface area contributed by atoms with Crippen molar-refractivity contribution in [1.29, 1.82) is 0 Å². The molecule has 0 saturated carbocycles. The second kappa shape index (κ2) is 9.10. The van der Waals surface area contributed by atoms with Gasteiger partial charge in [0.25, 0.3) is 0 Å². The summed E-state index contributed by atoms with van der Waals surface area (Å²) in [4.78, 5) is 12.8. The predicted octanol–water partition coefficient (Wildman–Crippen LogP) is 3.29. The van der Waals surface area contributed by atoms with Gasteiger partial charge < -0.3 is 14.8 Å². The number of rotatable bonds is 8. The van der Waals surface area contributed by atoms with E-state index in [1.54, 1.807) is 7.11 Å². The van der Waals surface area contributed by atoms with Gasteiger partial charge in [-0.05, 0) is 48.9 Å². The third-order valence-electron chi connectivity index (χ3n) is 3.11. The maximum atomic E-state index is 11.8. The molecule has 0 aliphatic heterocycles. The van der Waals surface area contributed by atoms with Gasteiger partial charge >= 0.3 is 0 Å². The minimum Gasteiger partial charge on any atom is -0.497 e. The van der Waals surface area contributed by atoms with Crippen LogP contribution in [0.15, 0.2) is 53.4 Å². The number of methoxy groups -OCH3 is 1. The highest BCUT2D eigenvalue weighted by molar-refractivity contribution is 8.00. The summed E-state index contributed by atoms with van der Waals surface area (Å²) >= 11 is 1.50. The molecule has 0 fully saturated rings. The molecule has 0 aliphatic carbocycles. The van der Waals surface area contributed by atoms with Crippen molar-refractivity contribution in [3.8, 4) is 11.5 Å². The Hall–Kier alpha value is -2.14. The first-order chi connectivity index (χ1) is 11.2. The number of hydrogen-bond acceptors (Lipinski definition) is 4. The second-order valence-electron chi connectivity index (χ2n) is 4.98. The number of amides is 1. The Kier molecular flexibility index (Phi) is 6.81. The maximum Gasteiger partial charge on any atom is 0.230 e. The fraction of sp³-hybridized carbons (Fsp3) is 0.278. The number of hydrogen-bond donors (Lipinski definition) is 1. The minimum absolute atomic E-state index is 0.00124. The van der Waals surface area contributed by atoms with Crippen molar-refractivity contribution < 1.29 is 14.3 Å². The largest absolute Gasteiger partial charge is 0.497 e. The molecule has 2 aromatic carbocycles. The molecule has 0 aromatic heterocycles. The number of benzene rings is 2. The average molecular weight is 331 g/mol. The van der Waals surface area contributed by atoms with Gasteiger partial charge in [-0.3, -0.25) is 4.79 Å². The number of carbonyl (C=O) groups is 1. The van der Waals surface area contributed by atoms with E-state index in [2.05, 4.69) is 5.32 Å². The van der Waals surface area contributed by atoms with E-state index in [-0.39, 0.29) is 5.91 Å². The highest BCUT2D eigenvalue weighted by Crippen LogP contribution is 2.20. The quantitative estimate of drug-likeness (QED) is 0.596. The molecule has 122 valence electrons. The van der Waals surface area contributed by atoms with E-state index in [1.807, 2.05) is 55.5 Å². The van der Waals surface area contributed by atoms with Crippen LogP contribution >= 0.6 is 11.8 Å². The van der Waals surface area contributed by atoms with E-state index in [9.17, 15) is 4.79 Å². The predicted molar refractivity (Wildman–Crippen MR) is 93.4 cm³/mol. The first-order valence-corrected chi connectivity index (χ1v) is 8.39. The SMILES string of the molecule is COc1ccc(SCC(=O)NCCOc2cccc(C)c2)cc1. The highest BCUT2D eigenvalue weighted by Gasteiger charge is 2.03.